The number of carbonyl (C=O) groups is 1. The number of rotatable bonds is 3. The highest BCUT2D eigenvalue weighted by Crippen LogP contribution is 2.25. The Morgan fingerprint density at radius 3 is 2.94 bits per heavy atom. The quantitative estimate of drug-likeness (QED) is 0.851. The molecule has 1 atom stereocenters. The number of hydrogen-bond acceptors (Lipinski definition) is 3. The second-order valence-corrected chi connectivity index (χ2v) is 3.75. The number of hydrogen-bond donors (Lipinski definition) is 1. The number of amides is 1. The van der Waals surface area contributed by atoms with Crippen molar-refractivity contribution < 1.29 is 14.3 Å². The van der Waals surface area contributed by atoms with Crippen molar-refractivity contribution in [3.63, 3.8) is 0 Å². The molecule has 1 fully saturated rings. The highest BCUT2D eigenvalue weighted by molar-refractivity contribution is 5.70. The maximum Gasteiger partial charge on any atom is 0.407 e. The van der Waals surface area contributed by atoms with E-state index in [1.54, 1.807) is 0 Å². The first-order valence-electron chi connectivity index (χ1n) is 5.37. The van der Waals surface area contributed by atoms with Crippen LogP contribution in [0.5, 0.6) is 5.75 Å². The summed E-state index contributed by atoms with van der Waals surface area (Å²) in [5.41, 5.74) is 2.18. The number of alkyl carbamates (subject to hydrolysis) is 1. The van der Waals surface area contributed by atoms with Gasteiger partial charge >= 0.3 is 6.09 Å². The summed E-state index contributed by atoms with van der Waals surface area (Å²) in [6.45, 7) is 5.01. The smallest absolute Gasteiger partial charge is 0.407 e. The van der Waals surface area contributed by atoms with Gasteiger partial charge in [0, 0.05) is 0 Å². The van der Waals surface area contributed by atoms with E-state index in [0.717, 1.165) is 16.9 Å². The van der Waals surface area contributed by atoms with Gasteiger partial charge in [-0.05, 0) is 37.1 Å². The van der Waals surface area contributed by atoms with Crippen LogP contribution in [0.4, 0.5) is 4.79 Å². The lowest BCUT2D eigenvalue weighted by Crippen LogP contribution is -2.19. The van der Waals surface area contributed by atoms with Crippen LogP contribution in [-0.2, 0) is 4.74 Å². The van der Waals surface area contributed by atoms with Crippen LogP contribution in [0.2, 0.25) is 0 Å². The summed E-state index contributed by atoms with van der Waals surface area (Å²) < 4.78 is 10.3. The van der Waals surface area contributed by atoms with E-state index < -0.39 is 0 Å². The highest BCUT2D eigenvalue weighted by Gasteiger charge is 2.24. The van der Waals surface area contributed by atoms with Crippen molar-refractivity contribution >= 4 is 6.09 Å². The van der Waals surface area contributed by atoms with Crippen LogP contribution < -0.4 is 10.1 Å². The number of benzene rings is 1. The summed E-state index contributed by atoms with van der Waals surface area (Å²) in [6, 6.07) is 5.82. The second-order valence-electron chi connectivity index (χ2n) is 3.75. The summed E-state index contributed by atoms with van der Waals surface area (Å²) >= 11 is 0. The van der Waals surface area contributed by atoms with Crippen molar-refractivity contribution in [1.82, 2.24) is 5.32 Å². The molecular formula is C12H15NO3. The predicted molar refractivity (Wildman–Crippen MR) is 59.6 cm³/mol. The molecule has 1 amide bonds. The molecule has 0 spiro atoms. The minimum Gasteiger partial charge on any atom is -0.494 e. The van der Waals surface area contributed by atoms with Crippen LogP contribution in [0, 0.1) is 6.92 Å². The van der Waals surface area contributed by atoms with E-state index in [1.165, 1.54) is 0 Å². The maximum atomic E-state index is 10.9. The maximum absolute atomic E-state index is 10.9. The molecule has 0 bridgehead atoms. The molecule has 1 unspecified atom stereocenters. The van der Waals surface area contributed by atoms with Crippen molar-refractivity contribution in [2.45, 2.75) is 19.9 Å². The van der Waals surface area contributed by atoms with Gasteiger partial charge in [-0.15, -0.1) is 0 Å². The van der Waals surface area contributed by atoms with Gasteiger partial charge in [0.1, 0.15) is 12.4 Å². The molecule has 1 aromatic rings. The van der Waals surface area contributed by atoms with E-state index in [4.69, 9.17) is 9.47 Å². The lowest BCUT2D eigenvalue weighted by molar-refractivity contribution is 0.177. The Morgan fingerprint density at radius 1 is 1.56 bits per heavy atom. The molecule has 4 heteroatoms. The molecule has 1 saturated heterocycles. The minimum atomic E-state index is -0.349. The lowest BCUT2D eigenvalue weighted by Gasteiger charge is -2.12. The lowest BCUT2D eigenvalue weighted by atomic mass is 10.0. The Hall–Kier alpha value is -1.71. The average Bonchev–Trinajstić information content (AvgIpc) is 2.65. The third-order valence-electron chi connectivity index (χ3n) is 2.60. The Labute approximate surface area is 94.6 Å². The van der Waals surface area contributed by atoms with Crippen molar-refractivity contribution in [3.8, 4) is 5.75 Å². The number of aryl methyl sites for hydroxylation is 1. The van der Waals surface area contributed by atoms with Gasteiger partial charge in [-0.25, -0.2) is 4.79 Å². The summed E-state index contributed by atoms with van der Waals surface area (Å²) in [5.74, 6) is 0.856. The van der Waals surface area contributed by atoms with Gasteiger partial charge < -0.3 is 14.8 Å². The topological polar surface area (TPSA) is 47.6 Å². The number of nitrogens with one attached hydrogen (secondary N) is 1. The number of carbonyl (C=O) groups excluding carboxylic acids is 1. The van der Waals surface area contributed by atoms with Gasteiger partial charge in [0.2, 0.25) is 0 Å². The summed E-state index contributed by atoms with van der Waals surface area (Å²) in [7, 11) is 0. The van der Waals surface area contributed by atoms with Gasteiger partial charge in [0.15, 0.2) is 0 Å². The van der Waals surface area contributed by atoms with Crippen molar-refractivity contribution in [1.29, 1.82) is 0 Å². The summed E-state index contributed by atoms with van der Waals surface area (Å²) in [4.78, 5) is 10.9. The molecule has 86 valence electrons. The second kappa shape index (κ2) is 4.43. The van der Waals surface area contributed by atoms with E-state index in [0.29, 0.717) is 13.2 Å². The van der Waals surface area contributed by atoms with Gasteiger partial charge in [-0.1, -0.05) is 6.07 Å². The molecule has 0 saturated carbocycles. The van der Waals surface area contributed by atoms with Crippen molar-refractivity contribution in [2.24, 2.45) is 0 Å². The Bertz CT molecular complexity index is 403. The van der Waals surface area contributed by atoms with Gasteiger partial charge in [0.25, 0.3) is 0 Å². The largest absolute Gasteiger partial charge is 0.494 e. The molecule has 0 radical (unpaired) electrons. The normalized spacial score (nSPS) is 19.1. The molecule has 2 rings (SSSR count). The van der Waals surface area contributed by atoms with Crippen LogP contribution in [0.15, 0.2) is 18.2 Å². The van der Waals surface area contributed by atoms with Gasteiger partial charge in [0.05, 0.1) is 12.6 Å². The van der Waals surface area contributed by atoms with Crippen LogP contribution >= 0.6 is 0 Å². The third kappa shape index (κ3) is 2.10. The van der Waals surface area contributed by atoms with Crippen molar-refractivity contribution in [3.05, 3.63) is 29.3 Å². The third-order valence-corrected chi connectivity index (χ3v) is 2.60. The highest BCUT2D eigenvalue weighted by atomic mass is 16.6. The number of cyclic esters (lactones) is 1. The monoisotopic (exact) mass is 221 g/mol. The summed E-state index contributed by atoms with van der Waals surface area (Å²) in [6.07, 6.45) is -0.349. The zero-order valence-corrected chi connectivity index (χ0v) is 9.45. The molecule has 1 aromatic carbocycles. The molecule has 1 heterocycles. The first kappa shape index (κ1) is 10.8. The molecule has 4 nitrogen and oxygen atoms in total. The zero-order valence-electron chi connectivity index (χ0n) is 9.45. The molecular weight excluding hydrogens is 206 g/mol. The van der Waals surface area contributed by atoms with Crippen LogP contribution in [0.1, 0.15) is 24.1 Å². The SMILES string of the molecule is CCOc1ccc(C2COC(=O)N2)c(C)c1. The Balaban J connectivity index is 2.19. The fraction of sp³-hybridized carbons (Fsp3) is 0.417. The molecule has 1 aliphatic heterocycles. The van der Waals surface area contributed by atoms with E-state index in [9.17, 15) is 4.79 Å². The van der Waals surface area contributed by atoms with E-state index in [2.05, 4.69) is 5.32 Å². The molecule has 1 aliphatic rings. The fourth-order valence-corrected chi connectivity index (χ4v) is 1.85. The molecule has 16 heavy (non-hydrogen) atoms. The van der Waals surface area contributed by atoms with Crippen molar-refractivity contribution in [2.75, 3.05) is 13.2 Å². The average molecular weight is 221 g/mol. The van der Waals surface area contributed by atoms with Gasteiger partial charge in [-0.2, -0.15) is 0 Å². The first-order valence-corrected chi connectivity index (χ1v) is 5.37. The summed E-state index contributed by atoms with van der Waals surface area (Å²) in [5, 5.41) is 2.76. The predicted octanol–water partition coefficient (Wildman–Crippen LogP) is 2.17. The fourth-order valence-electron chi connectivity index (χ4n) is 1.85. The molecule has 0 aromatic heterocycles. The Kier molecular flexibility index (Phi) is 2.99. The van der Waals surface area contributed by atoms with Crippen LogP contribution in [-0.4, -0.2) is 19.3 Å². The number of ether oxygens (including phenoxy) is 2. The van der Waals surface area contributed by atoms with E-state index >= 15 is 0 Å². The van der Waals surface area contributed by atoms with Crippen LogP contribution in [0.3, 0.4) is 0 Å². The minimum absolute atomic E-state index is 0.0387. The van der Waals surface area contributed by atoms with Gasteiger partial charge in [-0.3, -0.25) is 0 Å². The van der Waals surface area contributed by atoms with E-state index in [1.807, 2.05) is 32.0 Å². The molecule has 0 aliphatic carbocycles. The van der Waals surface area contributed by atoms with Crippen LogP contribution in [0.25, 0.3) is 0 Å². The Morgan fingerprint density at radius 2 is 2.38 bits per heavy atom. The standard InChI is InChI=1S/C12H15NO3/c1-3-15-9-4-5-10(8(2)6-9)11-7-16-12(14)13-11/h4-6,11H,3,7H2,1-2H3,(H,13,14). The van der Waals surface area contributed by atoms with E-state index in [-0.39, 0.29) is 12.1 Å². The zero-order chi connectivity index (χ0) is 11.5. The molecule has 1 N–H and O–H groups in total. The first-order chi connectivity index (χ1) is 7.70.